The average molecular weight is 415 g/mol. The number of nitrogens with one attached hydrogen (secondary N) is 2. The summed E-state index contributed by atoms with van der Waals surface area (Å²) in [5, 5.41) is 6.57. The third-order valence-electron chi connectivity index (χ3n) is 5.10. The van der Waals surface area contributed by atoms with Gasteiger partial charge in [0.25, 0.3) is 0 Å². The van der Waals surface area contributed by atoms with Crippen LogP contribution in [-0.2, 0) is 23.1 Å². The molecule has 2 aromatic rings. The third kappa shape index (κ3) is 5.81. The third-order valence-corrected chi connectivity index (χ3v) is 7.02. The van der Waals surface area contributed by atoms with Crippen LogP contribution in [0.5, 0.6) is 0 Å². The summed E-state index contributed by atoms with van der Waals surface area (Å²) in [6.07, 6.45) is 2.99. The summed E-state index contributed by atoms with van der Waals surface area (Å²) in [6.45, 7) is 4.57. The van der Waals surface area contributed by atoms with Gasteiger partial charge in [0.15, 0.2) is 5.96 Å². The molecule has 1 aliphatic heterocycles. The van der Waals surface area contributed by atoms with Gasteiger partial charge in [-0.05, 0) is 43.0 Å². The number of hydrogen-bond donors (Lipinski definition) is 2. The Kier molecular flexibility index (Phi) is 7.28. The SMILES string of the molecule is CN=C(NCc1ccc(S(=O)(=O)N2CCCCC2)cc1)NCc1cccc(C)c1. The smallest absolute Gasteiger partial charge is 0.243 e. The first kappa shape index (κ1) is 21.3. The second-order valence-corrected chi connectivity index (χ2v) is 9.32. The molecule has 29 heavy (non-hydrogen) atoms. The Morgan fingerprint density at radius 2 is 1.62 bits per heavy atom. The van der Waals surface area contributed by atoms with Crippen molar-refractivity contribution in [2.45, 2.75) is 44.2 Å². The maximum atomic E-state index is 12.7. The molecule has 0 spiro atoms. The van der Waals surface area contributed by atoms with Gasteiger partial charge in [-0.3, -0.25) is 4.99 Å². The van der Waals surface area contributed by atoms with E-state index < -0.39 is 10.0 Å². The van der Waals surface area contributed by atoms with Gasteiger partial charge in [0.2, 0.25) is 10.0 Å². The molecule has 0 bridgehead atoms. The van der Waals surface area contributed by atoms with E-state index in [4.69, 9.17) is 0 Å². The van der Waals surface area contributed by atoms with E-state index in [1.807, 2.05) is 18.2 Å². The number of piperidine rings is 1. The standard InChI is InChI=1S/C22H30N4O2S/c1-18-7-6-8-20(15-18)17-25-22(23-2)24-16-19-9-11-21(12-10-19)29(27,28)26-13-4-3-5-14-26/h6-12,15H,3-5,13-14,16-17H2,1-2H3,(H2,23,24,25). The van der Waals surface area contributed by atoms with Crippen molar-refractivity contribution in [3.63, 3.8) is 0 Å². The van der Waals surface area contributed by atoms with Crippen LogP contribution in [0.3, 0.4) is 0 Å². The zero-order valence-corrected chi connectivity index (χ0v) is 18.0. The van der Waals surface area contributed by atoms with E-state index in [0.29, 0.717) is 37.0 Å². The van der Waals surface area contributed by atoms with E-state index in [9.17, 15) is 8.42 Å². The van der Waals surface area contributed by atoms with Gasteiger partial charge in [0.1, 0.15) is 0 Å². The molecule has 3 rings (SSSR count). The number of aryl methyl sites for hydroxylation is 1. The number of guanidine groups is 1. The van der Waals surface area contributed by atoms with Gasteiger partial charge in [-0.15, -0.1) is 0 Å². The maximum absolute atomic E-state index is 12.7. The van der Waals surface area contributed by atoms with Crippen molar-refractivity contribution in [1.82, 2.24) is 14.9 Å². The van der Waals surface area contributed by atoms with Crippen molar-refractivity contribution in [3.8, 4) is 0 Å². The van der Waals surface area contributed by atoms with Gasteiger partial charge in [-0.1, -0.05) is 48.4 Å². The lowest BCUT2D eigenvalue weighted by Crippen LogP contribution is -2.36. The number of nitrogens with zero attached hydrogens (tertiary/aromatic N) is 2. The van der Waals surface area contributed by atoms with Gasteiger partial charge >= 0.3 is 0 Å². The molecule has 7 heteroatoms. The minimum Gasteiger partial charge on any atom is -0.352 e. The molecule has 6 nitrogen and oxygen atoms in total. The van der Waals surface area contributed by atoms with Crippen LogP contribution in [0.2, 0.25) is 0 Å². The molecular formula is C22H30N4O2S. The second-order valence-electron chi connectivity index (χ2n) is 7.38. The van der Waals surface area contributed by atoms with E-state index in [1.165, 1.54) is 11.1 Å². The number of benzene rings is 2. The fourth-order valence-electron chi connectivity index (χ4n) is 3.45. The highest BCUT2D eigenvalue weighted by Gasteiger charge is 2.25. The fourth-order valence-corrected chi connectivity index (χ4v) is 4.96. The number of sulfonamides is 1. The van der Waals surface area contributed by atoms with Crippen molar-refractivity contribution < 1.29 is 8.42 Å². The molecule has 0 saturated carbocycles. The summed E-state index contributed by atoms with van der Waals surface area (Å²) in [5.41, 5.74) is 3.42. The zero-order valence-electron chi connectivity index (χ0n) is 17.2. The van der Waals surface area contributed by atoms with E-state index >= 15 is 0 Å². The number of hydrogen-bond acceptors (Lipinski definition) is 3. The van der Waals surface area contributed by atoms with Crippen molar-refractivity contribution in [3.05, 3.63) is 65.2 Å². The largest absolute Gasteiger partial charge is 0.352 e. The van der Waals surface area contributed by atoms with Crippen LogP contribution in [0, 0.1) is 6.92 Å². The van der Waals surface area contributed by atoms with Gasteiger partial charge in [0, 0.05) is 33.2 Å². The summed E-state index contributed by atoms with van der Waals surface area (Å²) < 4.78 is 27.1. The minimum absolute atomic E-state index is 0.366. The molecule has 2 N–H and O–H groups in total. The minimum atomic E-state index is -3.38. The van der Waals surface area contributed by atoms with Crippen LogP contribution in [0.1, 0.15) is 36.0 Å². The molecule has 0 unspecified atom stereocenters. The van der Waals surface area contributed by atoms with Crippen molar-refractivity contribution in [1.29, 1.82) is 0 Å². The Hall–Kier alpha value is -2.38. The zero-order chi connectivity index (χ0) is 20.7. The van der Waals surface area contributed by atoms with Crippen molar-refractivity contribution >= 4 is 16.0 Å². The van der Waals surface area contributed by atoms with Gasteiger partial charge in [0.05, 0.1) is 4.90 Å². The highest BCUT2D eigenvalue weighted by Crippen LogP contribution is 2.20. The fraction of sp³-hybridized carbons (Fsp3) is 0.409. The Labute approximate surface area is 174 Å². The summed E-state index contributed by atoms with van der Waals surface area (Å²) >= 11 is 0. The first-order valence-corrected chi connectivity index (χ1v) is 11.5. The molecule has 0 radical (unpaired) electrons. The van der Waals surface area contributed by atoms with E-state index in [1.54, 1.807) is 23.5 Å². The Morgan fingerprint density at radius 3 is 2.24 bits per heavy atom. The molecule has 0 amide bonds. The van der Waals surface area contributed by atoms with Gasteiger partial charge < -0.3 is 10.6 Å². The first-order valence-electron chi connectivity index (χ1n) is 10.1. The second kappa shape index (κ2) is 9.89. The molecule has 1 fully saturated rings. The van der Waals surface area contributed by atoms with Gasteiger partial charge in [-0.25, -0.2) is 8.42 Å². The lowest BCUT2D eigenvalue weighted by atomic mass is 10.1. The maximum Gasteiger partial charge on any atom is 0.243 e. The molecule has 1 saturated heterocycles. The molecule has 0 aromatic heterocycles. The Bertz CT molecular complexity index is 934. The number of aliphatic imine (C=N–C) groups is 1. The predicted molar refractivity (Wildman–Crippen MR) is 117 cm³/mol. The van der Waals surface area contributed by atoms with E-state index in [-0.39, 0.29) is 0 Å². The highest BCUT2D eigenvalue weighted by molar-refractivity contribution is 7.89. The van der Waals surface area contributed by atoms with Crippen LogP contribution in [0.15, 0.2) is 58.4 Å². The molecule has 0 atom stereocenters. The quantitative estimate of drug-likeness (QED) is 0.563. The molecule has 2 aromatic carbocycles. The lowest BCUT2D eigenvalue weighted by molar-refractivity contribution is 0.346. The normalized spacial score (nSPS) is 15.9. The molecular weight excluding hydrogens is 384 g/mol. The lowest BCUT2D eigenvalue weighted by Gasteiger charge is -2.25. The van der Waals surface area contributed by atoms with Crippen LogP contribution >= 0.6 is 0 Å². The summed E-state index contributed by atoms with van der Waals surface area (Å²) in [6, 6.07) is 15.5. The topological polar surface area (TPSA) is 73.8 Å². The highest BCUT2D eigenvalue weighted by atomic mass is 32.2. The first-order chi connectivity index (χ1) is 14.0. The van der Waals surface area contributed by atoms with Crippen molar-refractivity contribution in [2.75, 3.05) is 20.1 Å². The van der Waals surface area contributed by atoms with E-state index in [0.717, 1.165) is 24.8 Å². The van der Waals surface area contributed by atoms with Gasteiger partial charge in [-0.2, -0.15) is 4.31 Å². The van der Waals surface area contributed by atoms with Crippen LogP contribution < -0.4 is 10.6 Å². The summed E-state index contributed by atoms with van der Waals surface area (Å²) in [7, 11) is -1.64. The van der Waals surface area contributed by atoms with Crippen LogP contribution in [-0.4, -0.2) is 38.8 Å². The predicted octanol–water partition coefficient (Wildman–Crippen LogP) is 3.03. The summed E-state index contributed by atoms with van der Waals surface area (Å²) in [4.78, 5) is 4.62. The number of rotatable bonds is 6. The Morgan fingerprint density at radius 1 is 0.966 bits per heavy atom. The van der Waals surface area contributed by atoms with Crippen LogP contribution in [0.25, 0.3) is 0 Å². The summed E-state index contributed by atoms with van der Waals surface area (Å²) in [5.74, 6) is 0.705. The molecule has 1 aliphatic rings. The van der Waals surface area contributed by atoms with E-state index in [2.05, 4.69) is 40.7 Å². The average Bonchev–Trinajstić information content (AvgIpc) is 2.75. The molecule has 0 aliphatic carbocycles. The monoisotopic (exact) mass is 414 g/mol. The molecule has 156 valence electrons. The van der Waals surface area contributed by atoms with Crippen molar-refractivity contribution in [2.24, 2.45) is 4.99 Å². The van der Waals surface area contributed by atoms with Crippen LogP contribution in [0.4, 0.5) is 0 Å². The Balaban J connectivity index is 1.55. The molecule has 1 heterocycles.